The van der Waals surface area contributed by atoms with Gasteiger partial charge >= 0.3 is 0 Å². The van der Waals surface area contributed by atoms with Gasteiger partial charge in [-0.05, 0) is 67.8 Å². The van der Waals surface area contributed by atoms with Crippen molar-refractivity contribution in [1.29, 1.82) is 0 Å². The fourth-order valence-electron chi connectivity index (χ4n) is 2.28. The SMILES string of the molecule is O=C(COc1c(I)c(C(=O)NCC(O)CO)c(I)c(C(=O)NCC(O)CO)c1I)NCCO. The van der Waals surface area contributed by atoms with Gasteiger partial charge in [0.25, 0.3) is 17.7 Å². The molecule has 2 unspecified atom stereocenters. The molecule has 0 aliphatic heterocycles. The topological polar surface area (TPSA) is 198 Å². The van der Waals surface area contributed by atoms with E-state index in [4.69, 9.17) is 20.1 Å². The third-order valence-corrected chi connectivity index (χ3v) is 7.07. The van der Waals surface area contributed by atoms with Gasteiger partial charge in [0.2, 0.25) is 0 Å². The molecule has 8 N–H and O–H groups in total. The third kappa shape index (κ3) is 9.18. The molecule has 0 heterocycles. The summed E-state index contributed by atoms with van der Waals surface area (Å²) < 4.78 is 6.47. The monoisotopic (exact) mass is 807 g/mol. The first kappa shape index (κ1) is 30.5. The van der Waals surface area contributed by atoms with Gasteiger partial charge in [-0.25, -0.2) is 0 Å². The number of ether oxygens (including phenoxy) is 1. The smallest absolute Gasteiger partial charge is 0.258 e. The Morgan fingerprint density at radius 2 is 1.24 bits per heavy atom. The lowest BCUT2D eigenvalue weighted by Gasteiger charge is -2.20. The molecule has 2 atom stereocenters. The van der Waals surface area contributed by atoms with Crippen molar-refractivity contribution in [1.82, 2.24) is 16.0 Å². The van der Waals surface area contributed by atoms with Gasteiger partial charge in [0.15, 0.2) is 6.61 Å². The van der Waals surface area contributed by atoms with Crippen molar-refractivity contribution in [3.8, 4) is 5.75 Å². The van der Waals surface area contributed by atoms with E-state index in [9.17, 15) is 24.6 Å². The fraction of sp³-hybridized carbons (Fsp3) is 0.500. The van der Waals surface area contributed by atoms with E-state index < -0.39 is 49.8 Å². The van der Waals surface area contributed by atoms with Crippen LogP contribution >= 0.6 is 67.8 Å². The molecular weight excluding hydrogens is 783 g/mol. The molecule has 3 amide bonds. The third-order valence-electron chi connectivity index (χ3n) is 3.93. The number of amides is 3. The Labute approximate surface area is 230 Å². The summed E-state index contributed by atoms with van der Waals surface area (Å²) in [5, 5.41) is 53.2. The number of hydrogen-bond donors (Lipinski definition) is 8. The highest BCUT2D eigenvalue weighted by Gasteiger charge is 2.29. The van der Waals surface area contributed by atoms with Crippen LogP contribution in [-0.4, -0.2) is 102 Å². The van der Waals surface area contributed by atoms with Crippen molar-refractivity contribution in [2.75, 3.05) is 46.1 Å². The summed E-state index contributed by atoms with van der Waals surface area (Å²) in [5.74, 6) is -1.72. The van der Waals surface area contributed by atoms with E-state index in [1.54, 1.807) is 0 Å². The van der Waals surface area contributed by atoms with Crippen LogP contribution in [0.25, 0.3) is 0 Å². The number of hydrogen-bond acceptors (Lipinski definition) is 9. The Bertz CT molecular complexity index is 804. The van der Waals surface area contributed by atoms with E-state index in [0.717, 1.165) is 0 Å². The molecule has 1 rings (SSSR count). The molecule has 0 aliphatic carbocycles. The average Bonchev–Trinajstić information content (AvgIpc) is 2.79. The molecule has 186 valence electrons. The first-order valence-corrected chi connectivity index (χ1v) is 12.7. The second-order valence-electron chi connectivity index (χ2n) is 6.48. The second kappa shape index (κ2) is 15.4. The summed E-state index contributed by atoms with van der Waals surface area (Å²) in [6.07, 6.45) is -2.36. The molecule has 0 spiro atoms. The quantitative estimate of drug-likeness (QED) is 0.106. The molecule has 12 nitrogen and oxygen atoms in total. The Morgan fingerprint density at radius 1 is 0.788 bits per heavy atom. The predicted octanol–water partition coefficient (Wildman–Crippen LogP) is -1.85. The molecule has 33 heavy (non-hydrogen) atoms. The second-order valence-corrected chi connectivity index (χ2v) is 9.71. The number of rotatable bonds is 13. The predicted molar refractivity (Wildman–Crippen MR) is 141 cm³/mol. The number of carbonyl (C=O) groups is 3. The number of nitrogens with one attached hydrogen (secondary N) is 3. The average molecular weight is 807 g/mol. The summed E-state index contributed by atoms with van der Waals surface area (Å²) in [4.78, 5) is 37.6. The van der Waals surface area contributed by atoms with Crippen LogP contribution in [-0.2, 0) is 4.79 Å². The highest BCUT2D eigenvalue weighted by molar-refractivity contribution is 14.1. The number of benzene rings is 1. The first-order chi connectivity index (χ1) is 15.6. The van der Waals surface area contributed by atoms with Gasteiger partial charge in [-0.15, -0.1) is 0 Å². The maximum atomic E-state index is 12.9. The highest BCUT2D eigenvalue weighted by Crippen LogP contribution is 2.37. The zero-order valence-electron chi connectivity index (χ0n) is 17.1. The number of aliphatic hydroxyl groups is 5. The summed E-state index contributed by atoms with van der Waals surface area (Å²) in [6.45, 7) is -2.25. The summed E-state index contributed by atoms with van der Waals surface area (Å²) in [6, 6.07) is 0. The van der Waals surface area contributed by atoms with Crippen LogP contribution in [0.3, 0.4) is 0 Å². The molecule has 0 saturated heterocycles. The lowest BCUT2D eigenvalue weighted by Crippen LogP contribution is -2.37. The maximum absolute atomic E-state index is 12.9. The Kier molecular flexibility index (Phi) is 14.2. The van der Waals surface area contributed by atoms with Crippen molar-refractivity contribution in [3.05, 3.63) is 21.8 Å². The minimum Gasteiger partial charge on any atom is -0.481 e. The normalized spacial score (nSPS) is 12.6. The Morgan fingerprint density at radius 3 is 1.64 bits per heavy atom. The van der Waals surface area contributed by atoms with Crippen LogP contribution in [0.1, 0.15) is 20.7 Å². The first-order valence-electron chi connectivity index (χ1n) is 9.43. The van der Waals surface area contributed by atoms with Gasteiger partial charge in [-0.2, -0.15) is 0 Å². The zero-order chi connectivity index (χ0) is 25.1. The van der Waals surface area contributed by atoms with Gasteiger partial charge < -0.3 is 46.2 Å². The largest absolute Gasteiger partial charge is 0.481 e. The van der Waals surface area contributed by atoms with Gasteiger partial charge in [0.1, 0.15) is 5.75 Å². The van der Waals surface area contributed by atoms with E-state index in [2.05, 4.69) is 16.0 Å². The number of carbonyl (C=O) groups excluding carboxylic acids is 3. The van der Waals surface area contributed by atoms with Crippen LogP contribution in [0.5, 0.6) is 5.75 Å². The zero-order valence-corrected chi connectivity index (χ0v) is 23.6. The lowest BCUT2D eigenvalue weighted by atomic mass is 10.1. The molecule has 0 bridgehead atoms. The van der Waals surface area contributed by atoms with Crippen LogP contribution in [0, 0.1) is 10.7 Å². The number of halogens is 3. The van der Waals surface area contributed by atoms with Crippen molar-refractivity contribution in [2.45, 2.75) is 12.2 Å². The van der Waals surface area contributed by atoms with E-state index in [0.29, 0.717) is 7.14 Å². The van der Waals surface area contributed by atoms with E-state index in [1.807, 2.05) is 67.8 Å². The fourth-order valence-corrected chi connectivity index (χ4v) is 6.73. The minimum atomic E-state index is -1.18. The van der Waals surface area contributed by atoms with Crippen LogP contribution < -0.4 is 20.7 Å². The van der Waals surface area contributed by atoms with Gasteiger partial charge in [-0.3, -0.25) is 14.4 Å². The maximum Gasteiger partial charge on any atom is 0.258 e. The standard InChI is InChI=1S/C18H24I3N3O9/c19-13-11(17(31)23-3-8(28)5-26)14(20)16(33-7-10(30)22-1-2-25)15(21)12(13)18(32)24-4-9(29)6-27/h8-9,25-29H,1-7H2,(H,22,30)(H,23,31)(H,24,32). The molecular formula is C18H24I3N3O9. The van der Waals surface area contributed by atoms with E-state index in [-0.39, 0.29) is 46.7 Å². The Balaban J connectivity index is 3.39. The van der Waals surface area contributed by atoms with E-state index >= 15 is 0 Å². The molecule has 0 aromatic heterocycles. The summed E-state index contributed by atoms with van der Waals surface area (Å²) >= 11 is 5.50. The van der Waals surface area contributed by atoms with Crippen LogP contribution in [0.15, 0.2) is 0 Å². The molecule has 0 radical (unpaired) electrons. The van der Waals surface area contributed by atoms with Crippen molar-refractivity contribution < 1.29 is 44.7 Å². The van der Waals surface area contributed by atoms with Crippen molar-refractivity contribution in [3.63, 3.8) is 0 Å². The van der Waals surface area contributed by atoms with Crippen LogP contribution in [0.2, 0.25) is 0 Å². The van der Waals surface area contributed by atoms with Gasteiger partial charge in [-0.1, -0.05) is 0 Å². The lowest BCUT2D eigenvalue weighted by molar-refractivity contribution is -0.123. The van der Waals surface area contributed by atoms with E-state index in [1.165, 1.54) is 0 Å². The van der Waals surface area contributed by atoms with Crippen LogP contribution in [0.4, 0.5) is 0 Å². The molecule has 0 fully saturated rings. The summed E-state index contributed by atoms with van der Waals surface area (Å²) in [7, 11) is 0. The highest BCUT2D eigenvalue weighted by atomic mass is 127. The Hall–Kier alpha value is -0.580. The molecule has 0 aliphatic rings. The van der Waals surface area contributed by atoms with Crippen molar-refractivity contribution in [2.24, 2.45) is 0 Å². The van der Waals surface area contributed by atoms with Gasteiger partial charge in [0, 0.05) is 23.2 Å². The summed E-state index contributed by atoms with van der Waals surface area (Å²) in [5.41, 5.74) is 0.112. The molecule has 1 aromatic carbocycles. The number of aliphatic hydroxyl groups excluding tert-OH is 5. The minimum absolute atomic E-state index is 0.0325. The molecule has 15 heteroatoms. The molecule has 1 aromatic rings. The van der Waals surface area contributed by atoms with Gasteiger partial charge in [0.05, 0.1) is 50.3 Å². The molecule has 0 saturated carbocycles. The van der Waals surface area contributed by atoms with Crippen molar-refractivity contribution >= 4 is 85.5 Å².